The van der Waals surface area contributed by atoms with Gasteiger partial charge in [-0.05, 0) is 12.8 Å². The summed E-state index contributed by atoms with van der Waals surface area (Å²) in [5, 5.41) is 15.6. The summed E-state index contributed by atoms with van der Waals surface area (Å²) in [5.41, 5.74) is 2.95. The molecule has 1 aliphatic heterocycles. The van der Waals surface area contributed by atoms with Gasteiger partial charge in [-0.1, -0.05) is 60.7 Å². The number of benzene rings is 2. The number of hydrogen-bond acceptors (Lipinski definition) is 3. The second kappa shape index (κ2) is 7.66. The van der Waals surface area contributed by atoms with E-state index in [0.29, 0.717) is 24.4 Å². The lowest BCUT2D eigenvalue weighted by Crippen LogP contribution is -2.28. The van der Waals surface area contributed by atoms with Crippen LogP contribution in [0.25, 0.3) is 22.5 Å². The molecule has 1 amide bonds. The number of carbonyl (C=O) groups is 1. The molecule has 5 nitrogen and oxygen atoms in total. The lowest BCUT2D eigenvalue weighted by molar-refractivity contribution is -0.130. The monoisotopic (exact) mass is 361 g/mol. The molecule has 1 fully saturated rings. The molecule has 0 atom stereocenters. The van der Waals surface area contributed by atoms with Gasteiger partial charge in [-0.2, -0.15) is 5.10 Å². The average Bonchev–Trinajstić information content (AvgIpc) is 3.36. The number of likely N-dealkylation sites (tertiary alicyclic amines) is 1. The molecule has 0 aliphatic carbocycles. The molecule has 0 bridgehead atoms. The molecule has 5 heteroatoms. The number of carbonyl (C=O) groups excluding carboxylic acids is 1. The number of aryl methyl sites for hydroxylation is 1. The summed E-state index contributed by atoms with van der Waals surface area (Å²) in [5.74, 6) is 0.309. The molecule has 0 radical (unpaired) electrons. The van der Waals surface area contributed by atoms with Crippen LogP contribution in [0.5, 0.6) is 5.75 Å². The molecule has 0 spiro atoms. The van der Waals surface area contributed by atoms with Crippen LogP contribution in [0, 0.1) is 0 Å². The third-order valence-corrected chi connectivity index (χ3v) is 5.02. The SMILES string of the molecule is O=C(CCn1nc(-c2ccccc2)c(O)c1-c1ccccc1)N1CCCC1. The van der Waals surface area contributed by atoms with Crippen LogP contribution in [0.3, 0.4) is 0 Å². The van der Waals surface area contributed by atoms with E-state index < -0.39 is 0 Å². The molecule has 1 N–H and O–H groups in total. The fraction of sp³-hybridized carbons (Fsp3) is 0.273. The Bertz CT molecular complexity index is 913. The van der Waals surface area contributed by atoms with Crippen molar-refractivity contribution in [2.24, 2.45) is 0 Å². The highest BCUT2D eigenvalue weighted by Crippen LogP contribution is 2.37. The first-order chi connectivity index (χ1) is 13.2. The predicted octanol–water partition coefficient (Wildman–Crippen LogP) is 3.94. The van der Waals surface area contributed by atoms with E-state index >= 15 is 0 Å². The van der Waals surface area contributed by atoms with Crippen LogP contribution in [0.2, 0.25) is 0 Å². The Morgan fingerprint density at radius 3 is 2.15 bits per heavy atom. The molecule has 0 saturated carbocycles. The Hall–Kier alpha value is -3.08. The highest BCUT2D eigenvalue weighted by molar-refractivity contribution is 5.79. The molecular weight excluding hydrogens is 338 g/mol. The summed E-state index contributed by atoms with van der Waals surface area (Å²) in [6, 6.07) is 19.3. The molecule has 1 aromatic heterocycles. The van der Waals surface area contributed by atoms with Gasteiger partial charge in [0.05, 0.1) is 6.54 Å². The minimum Gasteiger partial charge on any atom is -0.504 e. The van der Waals surface area contributed by atoms with E-state index in [1.807, 2.05) is 65.6 Å². The Morgan fingerprint density at radius 2 is 1.52 bits per heavy atom. The summed E-state index contributed by atoms with van der Waals surface area (Å²) in [6.07, 6.45) is 2.55. The molecule has 4 rings (SSSR count). The minimum atomic E-state index is 0.154. The zero-order chi connectivity index (χ0) is 18.6. The van der Waals surface area contributed by atoms with Gasteiger partial charge < -0.3 is 10.0 Å². The van der Waals surface area contributed by atoms with Crippen molar-refractivity contribution in [3.63, 3.8) is 0 Å². The predicted molar refractivity (Wildman–Crippen MR) is 105 cm³/mol. The topological polar surface area (TPSA) is 58.4 Å². The fourth-order valence-electron chi connectivity index (χ4n) is 3.61. The Kier molecular flexibility index (Phi) is 4.92. The van der Waals surface area contributed by atoms with E-state index in [4.69, 9.17) is 0 Å². The normalized spacial score (nSPS) is 13.9. The van der Waals surface area contributed by atoms with Crippen molar-refractivity contribution >= 4 is 5.91 Å². The molecule has 138 valence electrons. The molecular formula is C22H23N3O2. The highest BCUT2D eigenvalue weighted by atomic mass is 16.3. The van der Waals surface area contributed by atoms with Crippen LogP contribution >= 0.6 is 0 Å². The largest absolute Gasteiger partial charge is 0.504 e. The van der Waals surface area contributed by atoms with Gasteiger partial charge >= 0.3 is 0 Å². The lowest BCUT2D eigenvalue weighted by Gasteiger charge is -2.15. The smallest absolute Gasteiger partial charge is 0.224 e. The number of aromatic hydroxyl groups is 1. The molecule has 27 heavy (non-hydrogen) atoms. The van der Waals surface area contributed by atoms with Crippen LogP contribution < -0.4 is 0 Å². The van der Waals surface area contributed by atoms with E-state index in [0.717, 1.165) is 37.1 Å². The molecule has 1 aliphatic rings. The van der Waals surface area contributed by atoms with Crippen molar-refractivity contribution in [2.45, 2.75) is 25.8 Å². The number of hydrogen-bond donors (Lipinski definition) is 1. The first-order valence-corrected chi connectivity index (χ1v) is 9.42. The van der Waals surface area contributed by atoms with Crippen molar-refractivity contribution in [2.75, 3.05) is 13.1 Å². The number of rotatable bonds is 5. The van der Waals surface area contributed by atoms with E-state index in [1.165, 1.54) is 0 Å². The van der Waals surface area contributed by atoms with Crippen LogP contribution in [-0.2, 0) is 11.3 Å². The maximum absolute atomic E-state index is 12.5. The molecule has 3 aromatic rings. The van der Waals surface area contributed by atoms with Crippen LogP contribution in [0.15, 0.2) is 60.7 Å². The summed E-state index contributed by atoms with van der Waals surface area (Å²) >= 11 is 0. The van der Waals surface area contributed by atoms with Gasteiger partial charge in [-0.3, -0.25) is 9.48 Å². The summed E-state index contributed by atoms with van der Waals surface area (Å²) in [7, 11) is 0. The van der Waals surface area contributed by atoms with E-state index in [2.05, 4.69) is 5.10 Å². The van der Waals surface area contributed by atoms with Gasteiger partial charge in [-0.25, -0.2) is 0 Å². The van der Waals surface area contributed by atoms with Crippen molar-refractivity contribution in [1.82, 2.24) is 14.7 Å². The second-order valence-corrected chi connectivity index (χ2v) is 6.84. The van der Waals surface area contributed by atoms with Gasteiger partial charge in [0.15, 0.2) is 5.75 Å². The summed E-state index contributed by atoms with van der Waals surface area (Å²) in [4.78, 5) is 14.4. The van der Waals surface area contributed by atoms with Crippen molar-refractivity contribution in [1.29, 1.82) is 0 Å². The molecule has 0 unspecified atom stereocenters. The zero-order valence-electron chi connectivity index (χ0n) is 15.2. The van der Waals surface area contributed by atoms with Gasteiger partial charge in [0.1, 0.15) is 11.4 Å². The minimum absolute atomic E-state index is 0.154. The Balaban J connectivity index is 1.67. The Labute approximate surface area is 158 Å². The number of amides is 1. The zero-order valence-corrected chi connectivity index (χ0v) is 15.2. The second-order valence-electron chi connectivity index (χ2n) is 6.84. The Morgan fingerprint density at radius 1 is 0.926 bits per heavy atom. The van der Waals surface area contributed by atoms with Crippen molar-refractivity contribution < 1.29 is 9.90 Å². The summed E-state index contributed by atoms with van der Waals surface area (Å²) in [6.45, 7) is 2.15. The van der Waals surface area contributed by atoms with Crippen molar-refractivity contribution in [3.05, 3.63) is 60.7 Å². The van der Waals surface area contributed by atoms with Crippen LogP contribution in [0.4, 0.5) is 0 Å². The number of aromatic nitrogens is 2. The van der Waals surface area contributed by atoms with Crippen LogP contribution in [0.1, 0.15) is 19.3 Å². The molecule has 1 saturated heterocycles. The lowest BCUT2D eigenvalue weighted by atomic mass is 10.1. The fourth-order valence-corrected chi connectivity index (χ4v) is 3.61. The third kappa shape index (κ3) is 3.58. The molecule has 2 aromatic carbocycles. The molecule has 2 heterocycles. The van der Waals surface area contributed by atoms with Crippen LogP contribution in [-0.4, -0.2) is 38.8 Å². The van der Waals surface area contributed by atoms with Gasteiger partial charge in [-0.15, -0.1) is 0 Å². The first kappa shape index (κ1) is 17.3. The van der Waals surface area contributed by atoms with Crippen molar-refractivity contribution in [3.8, 4) is 28.3 Å². The maximum Gasteiger partial charge on any atom is 0.224 e. The highest BCUT2D eigenvalue weighted by Gasteiger charge is 2.22. The van der Waals surface area contributed by atoms with Gasteiger partial charge in [0.25, 0.3) is 0 Å². The number of nitrogens with zero attached hydrogens (tertiary/aromatic N) is 3. The van der Waals surface area contributed by atoms with E-state index in [-0.39, 0.29) is 11.7 Å². The first-order valence-electron chi connectivity index (χ1n) is 9.42. The van der Waals surface area contributed by atoms with E-state index in [1.54, 1.807) is 4.68 Å². The summed E-state index contributed by atoms with van der Waals surface area (Å²) < 4.78 is 1.76. The standard InChI is InChI=1S/C22H23N3O2/c26-19(24-14-7-8-15-24)13-16-25-21(18-11-5-2-6-12-18)22(27)20(23-25)17-9-3-1-4-10-17/h1-6,9-12,27H,7-8,13-16H2. The van der Waals surface area contributed by atoms with E-state index in [9.17, 15) is 9.90 Å². The van der Waals surface area contributed by atoms with Gasteiger partial charge in [0.2, 0.25) is 5.91 Å². The quantitative estimate of drug-likeness (QED) is 0.749. The average molecular weight is 361 g/mol. The third-order valence-electron chi connectivity index (χ3n) is 5.02. The van der Waals surface area contributed by atoms with Gasteiger partial charge in [0, 0.05) is 30.6 Å². The maximum atomic E-state index is 12.5.